The first-order valence-electron chi connectivity index (χ1n) is 8.19. The lowest BCUT2D eigenvalue weighted by Gasteiger charge is -2.14. The van der Waals surface area contributed by atoms with Crippen molar-refractivity contribution in [3.63, 3.8) is 0 Å². The number of benzene rings is 2. The van der Waals surface area contributed by atoms with Crippen LogP contribution in [0, 0.1) is 0 Å². The number of rotatable bonds is 9. The highest BCUT2D eigenvalue weighted by Gasteiger charge is 2.16. The van der Waals surface area contributed by atoms with Gasteiger partial charge in [-0.25, -0.2) is 4.79 Å². The first-order chi connectivity index (χ1) is 13.9. The molecule has 0 spiro atoms. The first-order valence-corrected chi connectivity index (χ1v) is 8.19. The number of esters is 1. The molecule has 0 unspecified atom stereocenters. The summed E-state index contributed by atoms with van der Waals surface area (Å²) in [6.45, 7) is -3.62. The van der Waals surface area contributed by atoms with E-state index < -0.39 is 25.1 Å². The molecular weight excluding hydrogens is 392 g/mol. The molecule has 156 valence electrons. The zero-order valence-electron chi connectivity index (χ0n) is 15.9. The van der Waals surface area contributed by atoms with Crippen LogP contribution < -0.4 is 24.3 Å². The number of anilines is 1. The van der Waals surface area contributed by atoms with E-state index in [4.69, 9.17) is 18.9 Å². The van der Waals surface area contributed by atoms with Gasteiger partial charge in [0.1, 0.15) is 5.75 Å². The number of carbonyl (C=O) groups excluding carboxylic acids is 2. The predicted molar refractivity (Wildman–Crippen MR) is 98.1 cm³/mol. The van der Waals surface area contributed by atoms with E-state index in [1.54, 1.807) is 0 Å². The fourth-order valence-electron chi connectivity index (χ4n) is 2.36. The van der Waals surface area contributed by atoms with Gasteiger partial charge in [0.05, 0.1) is 26.9 Å². The third-order valence-electron chi connectivity index (χ3n) is 3.58. The minimum absolute atomic E-state index is 0.0382. The fraction of sp³-hybridized carbons (Fsp3) is 0.263. The van der Waals surface area contributed by atoms with E-state index in [9.17, 15) is 18.4 Å². The highest BCUT2D eigenvalue weighted by atomic mass is 19.3. The zero-order chi connectivity index (χ0) is 21.4. The minimum Gasteiger partial charge on any atom is -0.493 e. The maximum absolute atomic E-state index is 12.3. The number of carbonyl (C=O) groups is 2. The highest BCUT2D eigenvalue weighted by Crippen LogP contribution is 2.39. The third-order valence-corrected chi connectivity index (χ3v) is 3.58. The van der Waals surface area contributed by atoms with Crippen LogP contribution in [0.15, 0.2) is 36.4 Å². The smallest absolute Gasteiger partial charge is 0.387 e. The second kappa shape index (κ2) is 10.1. The van der Waals surface area contributed by atoms with Gasteiger partial charge in [-0.05, 0) is 18.2 Å². The van der Waals surface area contributed by atoms with Crippen LogP contribution >= 0.6 is 0 Å². The number of amides is 1. The maximum Gasteiger partial charge on any atom is 0.387 e. The van der Waals surface area contributed by atoms with Gasteiger partial charge in [0.25, 0.3) is 5.91 Å². The zero-order valence-corrected chi connectivity index (χ0v) is 15.9. The third kappa shape index (κ3) is 5.96. The number of hydrogen-bond acceptors (Lipinski definition) is 7. The SMILES string of the molecule is COc1cc(NC(=O)COC(=O)c2cccc(OC(F)F)c2)cc(OC)c1OC. The van der Waals surface area contributed by atoms with Crippen LogP contribution in [0.5, 0.6) is 23.0 Å². The molecule has 0 atom stereocenters. The van der Waals surface area contributed by atoms with Crippen LogP contribution in [-0.4, -0.2) is 46.4 Å². The van der Waals surface area contributed by atoms with E-state index in [-0.39, 0.29) is 11.3 Å². The topological polar surface area (TPSA) is 92.3 Å². The largest absolute Gasteiger partial charge is 0.493 e. The Hall–Kier alpha value is -3.56. The molecule has 2 aromatic carbocycles. The van der Waals surface area contributed by atoms with E-state index in [2.05, 4.69) is 10.1 Å². The molecule has 1 N–H and O–H groups in total. The number of alkyl halides is 2. The Labute approximate surface area is 165 Å². The van der Waals surface area contributed by atoms with Crippen molar-refractivity contribution in [2.75, 3.05) is 33.3 Å². The second-order valence-corrected chi connectivity index (χ2v) is 5.44. The number of nitrogens with one attached hydrogen (secondary N) is 1. The molecule has 0 bridgehead atoms. The summed E-state index contributed by atoms with van der Waals surface area (Å²) in [7, 11) is 4.30. The van der Waals surface area contributed by atoms with Crippen molar-refractivity contribution in [1.29, 1.82) is 0 Å². The molecule has 0 radical (unpaired) electrons. The Kier molecular flexibility index (Phi) is 7.58. The van der Waals surface area contributed by atoms with Gasteiger partial charge < -0.3 is 29.0 Å². The lowest BCUT2D eigenvalue weighted by atomic mass is 10.2. The van der Waals surface area contributed by atoms with Crippen molar-refractivity contribution in [2.24, 2.45) is 0 Å². The van der Waals surface area contributed by atoms with Crippen LogP contribution in [0.2, 0.25) is 0 Å². The number of hydrogen-bond donors (Lipinski definition) is 1. The lowest BCUT2D eigenvalue weighted by molar-refractivity contribution is -0.119. The van der Waals surface area contributed by atoms with Gasteiger partial charge in [-0.1, -0.05) is 6.07 Å². The van der Waals surface area contributed by atoms with E-state index in [1.807, 2.05) is 0 Å². The summed E-state index contributed by atoms with van der Waals surface area (Å²) in [4.78, 5) is 24.1. The van der Waals surface area contributed by atoms with E-state index in [1.165, 1.54) is 51.7 Å². The van der Waals surface area contributed by atoms with Gasteiger partial charge >= 0.3 is 12.6 Å². The van der Waals surface area contributed by atoms with Gasteiger partial charge in [-0.2, -0.15) is 8.78 Å². The second-order valence-electron chi connectivity index (χ2n) is 5.44. The fourth-order valence-corrected chi connectivity index (χ4v) is 2.36. The predicted octanol–water partition coefficient (Wildman–Crippen LogP) is 3.11. The van der Waals surface area contributed by atoms with Crippen molar-refractivity contribution in [2.45, 2.75) is 6.61 Å². The molecule has 10 heteroatoms. The molecule has 8 nitrogen and oxygen atoms in total. The molecule has 0 heterocycles. The quantitative estimate of drug-likeness (QED) is 0.634. The molecule has 0 aromatic heterocycles. The van der Waals surface area contributed by atoms with Crippen molar-refractivity contribution < 1.29 is 42.1 Å². The van der Waals surface area contributed by atoms with Crippen molar-refractivity contribution in [3.8, 4) is 23.0 Å². The van der Waals surface area contributed by atoms with Gasteiger partial charge in [-0.15, -0.1) is 0 Å². The van der Waals surface area contributed by atoms with Crippen LogP contribution in [0.4, 0.5) is 14.5 Å². The Morgan fingerprint density at radius 1 is 1.00 bits per heavy atom. The molecule has 0 aliphatic rings. The van der Waals surface area contributed by atoms with Gasteiger partial charge in [0.15, 0.2) is 18.1 Å². The van der Waals surface area contributed by atoms with Gasteiger partial charge in [0.2, 0.25) is 5.75 Å². The maximum atomic E-state index is 12.3. The van der Waals surface area contributed by atoms with E-state index in [0.29, 0.717) is 22.9 Å². The van der Waals surface area contributed by atoms with Crippen LogP contribution in [0.1, 0.15) is 10.4 Å². The van der Waals surface area contributed by atoms with Crippen LogP contribution in [0.3, 0.4) is 0 Å². The minimum atomic E-state index is -3.02. The monoisotopic (exact) mass is 411 g/mol. The number of halogens is 2. The van der Waals surface area contributed by atoms with Crippen molar-refractivity contribution in [3.05, 3.63) is 42.0 Å². The number of ether oxygens (including phenoxy) is 5. The Morgan fingerprint density at radius 3 is 2.21 bits per heavy atom. The van der Waals surface area contributed by atoms with Crippen molar-refractivity contribution in [1.82, 2.24) is 0 Å². The normalized spacial score (nSPS) is 10.3. The average molecular weight is 411 g/mol. The Morgan fingerprint density at radius 2 is 1.66 bits per heavy atom. The molecule has 0 aliphatic carbocycles. The Balaban J connectivity index is 2.00. The first kappa shape index (κ1) is 21.7. The van der Waals surface area contributed by atoms with Crippen LogP contribution in [-0.2, 0) is 9.53 Å². The summed E-state index contributed by atoms with van der Waals surface area (Å²) in [6.07, 6.45) is 0. The summed E-state index contributed by atoms with van der Waals surface area (Å²) in [6, 6.07) is 8.06. The Bertz CT molecular complexity index is 848. The molecule has 0 saturated heterocycles. The summed E-state index contributed by atoms with van der Waals surface area (Å²) in [5.74, 6) is -0.691. The van der Waals surface area contributed by atoms with Crippen molar-refractivity contribution >= 4 is 17.6 Å². The van der Waals surface area contributed by atoms with Gasteiger partial charge in [-0.3, -0.25) is 4.79 Å². The average Bonchev–Trinajstić information content (AvgIpc) is 2.70. The molecule has 2 aromatic rings. The molecule has 1 amide bonds. The molecule has 29 heavy (non-hydrogen) atoms. The summed E-state index contributed by atoms with van der Waals surface area (Å²) >= 11 is 0. The molecule has 0 saturated carbocycles. The number of methoxy groups -OCH3 is 3. The van der Waals surface area contributed by atoms with Gasteiger partial charge in [0, 0.05) is 17.8 Å². The molecule has 0 aliphatic heterocycles. The summed E-state index contributed by atoms with van der Waals surface area (Å²) < 4.78 is 49.2. The standard InChI is InChI=1S/C19H19F2NO7/c1-25-14-8-12(9-15(26-2)17(14)27-3)22-16(23)10-28-18(24)11-5-4-6-13(7-11)29-19(20)21/h4-9,19H,10H2,1-3H3,(H,22,23). The lowest BCUT2D eigenvalue weighted by Crippen LogP contribution is -2.21. The molecule has 0 fully saturated rings. The molecule has 2 rings (SSSR count). The van der Waals surface area contributed by atoms with E-state index in [0.717, 1.165) is 6.07 Å². The molecular formula is C19H19F2NO7. The highest BCUT2D eigenvalue weighted by molar-refractivity contribution is 5.96. The van der Waals surface area contributed by atoms with E-state index >= 15 is 0 Å². The summed E-state index contributed by atoms with van der Waals surface area (Å²) in [5.41, 5.74) is 0.289. The summed E-state index contributed by atoms with van der Waals surface area (Å²) in [5, 5.41) is 2.53. The van der Waals surface area contributed by atoms with Crippen LogP contribution in [0.25, 0.3) is 0 Å².